The molecular weight excluding hydrogens is 163 g/mol. The van der Waals surface area contributed by atoms with E-state index in [2.05, 4.69) is 0 Å². The van der Waals surface area contributed by atoms with E-state index in [1.54, 1.807) is 0 Å². The average Bonchev–Trinajstić information content (AvgIpc) is 2.51. The third kappa shape index (κ3) is 2.44. The van der Waals surface area contributed by atoms with E-state index in [1.807, 2.05) is 0 Å². The topological polar surface area (TPSA) is 46.5 Å². The number of ether oxygens (including phenoxy) is 1. The standard InChI is InChI=1S/C8H13FO3/c9-4-7(3-8(10)11)6-1-2-12-5-6/h6-7H,1-5H2,(H,10,11). The molecule has 1 fully saturated rings. The van der Waals surface area contributed by atoms with Crippen molar-refractivity contribution >= 4 is 5.97 Å². The van der Waals surface area contributed by atoms with Crippen LogP contribution in [0.5, 0.6) is 0 Å². The van der Waals surface area contributed by atoms with Crippen LogP contribution in [0.4, 0.5) is 4.39 Å². The van der Waals surface area contributed by atoms with Gasteiger partial charge < -0.3 is 9.84 Å². The highest BCUT2D eigenvalue weighted by Gasteiger charge is 2.27. The summed E-state index contributed by atoms with van der Waals surface area (Å²) in [6, 6.07) is 0. The molecule has 2 atom stereocenters. The van der Waals surface area contributed by atoms with Crippen molar-refractivity contribution in [3.63, 3.8) is 0 Å². The van der Waals surface area contributed by atoms with Crippen LogP contribution in [0, 0.1) is 11.8 Å². The summed E-state index contributed by atoms with van der Waals surface area (Å²) in [4.78, 5) is 10.3. The summed E-state index contributed by atoms with van der Waals surface area (Å²) in [5, 5.41) is 8.47. The normalized spacial score (nSPS) is 25.6. The molecule has 0 spiro atoms. The summed E-state index contributed by atoms with van der Waals surface area (Å²) < 4.78 is 17.4. The minimum Gasteiger partial charge on any atom is -0.481 e. The van der Waals surface area contributed by atoms with Gasteiger partial charge in [0.05, 0.1) is 13.1 Å². The van der Waals surface area contributed by atoms with E-state index in [-0.39, 0.29) is 18.3 Å². The molecule has 0 aromatic heterocycles. The first-order chi connectivity index (χ1) is 5.74. The van der Waals surface area contributed by atoms with Crippen molar-refractivity contribution in [1.82, 2.24) is 0 Å². The molecule has 0 radical (unpaired) electrons. The van der Waals surface area contributed by atoms with Crippen LogP contribution in [0.15, 0.2) is 0 Å². The van der Waals surface area contributed by atoms with Crippen LogP contribution in [0.1, 0.15) is 12.8 Å². The number of alkyl halides is 1. The van der Waals surface area contributed by atoms with Gasteiger partial charge in [0.2, 0.25) is 0 Å². The predicted octanol–water partition coefficient (Wildman–Crippen LogP) is 1.08. The number of hydrogen-bond acceptors (Lipinski definition) is 2. The number of halogens is 1. The molecule has 70 valence electrons. The highest BCUT2D eigenvalue weighted by atomic mass is 19.1. The monoisotopic (exact) mass is 176 g/mol. The fourth-order valence-corrected chi connectivity index (χ4v) is 1.50. The van der Waals surface area contributed by atoms with E-state index in [1.165, 1.54) is 0 Å². The largest absolute Gasteiger partial charge is 0.481 e. The van der Waals surface area contributed by atoms with Crippen molar-refractivity contribution in [2.45, 2.75) is 12.8 Å². The smallest absolute Gasteiger partial charge is 0.303 e. The van der Waals surface area contributed by atoms with Crippen LogP contribution in [0.2, 0.25) is 0 Å². The highest BCUT2D eigenvalue weighted by Crippen LogP contribution is 2.25. The summed E-state index contributed by atoms with van der Waals surface area (Å²) in [5.41, 5.74) is 0. The van der Waals surface area contributed by atoms with Gasteiger partial charge in [-0.3, -0.25) is 9.18 Å². The second-order valence-electron chi connectivity index (χ2n) is 3.14. The maximum absolute atomic E-state index is 12.4. The number of hydrogen-bond donors (Lipinski definition) is 1. The molecule has 4 heteroatoms. The van der Waals surface area contributed by atoms with Gasteiger partial charge in [0.15, 0.2) is 0 Å². The van der Waals surface area contributed by atoms with Crippen molar-refractivity contribution < 1.29 is 19.0 Å². The molecule has 1 aliphatic rings. The number of rotatable bonds is 4. The Bertz CT molecular complexity index is 154. The van der Waals surface area contributed by atoms with Crippen LogP contribution < -0.4 is 0 Å². The van der Waals surface area contributed by atoms with Gasteiger partial charge in [0.25, 0.3) is 0 Å². The highest BCUT2D eigenvalue weighted by molar-refractivity contribution is 5.67. The molecule has 2 unspecified atom stereocenters. The van der Waals surface area contributed by atoms with Crippen LogP contribution >= 0.6 is 0 Å². The van der Waals surface area contributed by atoms with Crippen LogP contribution in [0.3, 0.4) is 0 Å². The van der Waals surface area contributed by atoms with E-state index in [0.717, 1.165) is 6.42 Å². The quantitative estimate of drug-likeness (QED) is 0.697. The molecule has 1 heterocycles. The fraction of sp³-hybridized carbons (Fsp3) is 0.875. The maximum atomic E-state index is 12.4. The SMILES string of the molecule is O=C(O)CC(CF)C1CCOC1. The van der Waals surface area contributed by atoms with Crippen LogP contribution in [0.25, 0.3) is 0 Å². The van der Waals surface area contributed by atoms with Gasteiger partial charge in [-0.1, -0.05) is 0 Å². The van der Waals surface area contributed by atoms with E-state index in [9.17, 15) is 9.18 Å². The average molecular weight is 176 g/mol. The summed E-state index contributed by atoms with van der Waals surface area (Å²) >= 11 is 0. The van der Waals surface area contributed by atoms with Crippen molar-refractivity contribution in [2.75, 3.05) is 19.9 Å². The Morgan fingerprint density at radius 1 is 1.75 bits per heavy atom. The van der Waals surface area contributed by atoms with Crippen molar-refractivity contribution in [3.8, 4) is 0 Å². The van der Waals surface area contributed by atoms with Gasteiger partial charge in [-0.2, -0.15) is 0 Å². The van der Waals surface area contributed by atoms with Crippen molar-refractivity contribution in [1.29, 1.82) is 0 Å². The molecule has 1 aliphatic heterocycles. The molecule has 1 N–H and O–H groups in total. The molecule has 0 aromatic rings. The Kier molecular flexibility index (Phi) is 3.47. The Morgan fingerprint density at radius 3 is 2.92 bits per heavy atom. The van der Waals surface area contributed by atoms with Gasteiger partial charge in [-0.15, -0.1) is 0 Å². The zero-order valence-corrected chi connectivity index (χ0v) is 6.83. The Labute approximate surface area is 70.5 Å². The number of aliphatic carboxylic acids is 1. The van der Waals surface area contributed by atoms with Gasteiger partial charge in [0, 0.05) is 19.1 Å². The predicted molar refractivity (Wildman–Crippen MR) is 40.6 cm³/mol. The van der Waals surface area contributed by atoms with E-state index >= 15 is 0 Å². The molecule has 0 aromatic carbocycles. The Morgan fingerprint density at radius 2 is 2.50 bits per heavy atom. The zero-order valence-electron chi connectivity index (χ0n) is 6.83. The second kappa shape index (κ2) is 4.40. The van der Waals surface area contributed by atoms with Gasteiger partial charge in [0.1, 0.15) is 0 Å². The number of carboxylic acids is 1. The third-order valence-electron chi connectivity index (χ3n) is 2.27. The van der Waals surface area contributed by atoms with Crippen LogP contribution in [-0.4, -0.2) is 31.0 Å². The van der Waals surface area contributed by atoms with Gasteiger partial charge >= 0.3 is 5.97 Å². The first kappa shape index (κ1) is 9.45. The molecule has 3 nitrogen and oxygen atoms in total. The zero-order chi connectivity index (χ0) is 8.97. The summed E-state index contributed by atoms with van der Waals surface area (Å²) in [7, 11) is 0. The molecule has 0 amide bonds. The maximum Gasteiger partial charge on any atom is 0.303 e. The first-order valence-corrected chi connectivity index (χ1v) is 4.09. The van der Waals surface area contributed by atoms with Gasteiger partial charge in [-0.05, 0) is 12.3 Å². The number of carboxylic acid groups (broad SMARTS) is 1. The molecule has 0 aliphatic carbocycles. The Hall–Kier alpha value is -0.640. The van der Waals surface area contributed by atoms with E-state index < -0.39 is 12.6 Å². The second-order valence-corrected chi connectivity index (χ2v) is 3.14. The molecule has 12 heavy (non-hydrogen) atoms. The van der Waals surface area contributed by atoms with Crippen LogP contribution in [-0.2, 0) is 9.53 Å². The lowest BCUT2D eigenvalue weighted by molar-refractivity contribution is -0.138. The summed E-state index contributed by atoms with van der Waals surface area (Å²) in [6.45, 7) is 0.600. The molecule has 0 bridgehead atoms. The molecular formula is C8H13FO3. The van der Waals surface area contributed by atoms with Crippen molar-refractivity contribution in [2.24, 2.45) is 11.8 Å². The summed E-state index contributed by atoms with van der Waals surface area (Å²) in [5.74, 6) is -1.18. The van der Waals surface area contributed by atoms with E-state index in [0.29, 0.717) is 13.2 Å². The fourth-order valence-electron chi connectivity index (χ4n) is 1.50. The first-order valence-electron chi connectivity index (χ1n) is 4.09. The minimum atomic E-state index is -0.926. The number of carbonyl (C=O) groups is 1. The Balaban J connectivity index is 2.37. The third-order valence-corrected chi connectivity index (χ3v) is 2.27. The lowest BCUT2D eigenvalue weighted by Gasteiger charge is -2.16. The molecule has 1 saturated heterocycles. The van der Waals surface area contributed by atoms with Gasteiger partial charge in [-0.25, -0.2) is 0 Å². The molecule has 0 saturated carbocycles. The summed E-state index contributed by atoms with van der Waals surface area (Å²) in [6.07, 6.45) is 0.715. The lowest BCUT2D eigenvalue weighted by atomic mass is 9.90. The molecule has 1 rings (SSSR count). The van der Waals surface area contributed by atoms with Crippen molar-refractivity contribution in [3.05, 3.63) is 0 Å². The lowest BCUT2D eigenvalue weighted by Crippen LogP contribution is -2.20. The van der Waals surface area contributed by atoms with E-state index in [4.69, 9.17) is 9.84 Å². The minimum absolute atomic E-state index is 0.0788.